The molecule has 1 rings (SSSR count). The molecule has 5 heteroatoms. The molecule has 1 atom stereocenters. The Morgan fingerprint density at radius 3 is 3.08 bits per heavy atom. The zero-order valence-electron chi connectivity index (χ0n) is 7.60. The van der Waals surface area contributed by atoms with Crippen LogP contribution in [0.5, 0.6) is 0 Å². The number of carbonyl (C=O) groups is 1. The van der Waals surface area contributed by atoms with Gasteiger partial charge in [0.2, 0.25) is 5.91 Å². The Bertz CT molecular complexity index is 257. The number of amides is 1. The molecule has 0 saturated carbocycles. The van der Waals surface area contributed by atoms with E-state index < -0.39 is 0 Å². The normalized spacial score (nSPS) is 12.5. The maximum Gasteiger partial charge on any atom is 0.241 e. The Balaban J connectivity index is 2.34. The van der Waals surface area contributed by atoms with Crippen LogP contribution in [0.25, 0.3) is 0 Å². The molecule has 13 heavy (non-hydrogen) atoms. The summed E-state index contributed by atoms with van der Waals surface area (Å²) in [6.45, 7) is 2.56. The van der Waals surface area contributed by atoms with Crippen LogP contribution in [-0.4, -0.2) is 28.3 Å². The van der Waals surface area contributed by atoms with E-state index in [1.807, 2.05) is 6.92 Å². The van der Waals surface area contributed by atoms with Gasteiger partial charge in [-0.05, 0) is 13.0 Å². The monoisotopic (exact) mass is 182 g/mol. The van der Waals surface area contributed by atoms with Gasteiger partial charge < -0.3 is 11.1 Å². The molecular weight excluding hydrogens is 168 g/mol. The number of rotatable bonds is 4. The van der Waals surface area contributed by atoms with E-state index in [0.717, 1.165) is 0 Å². The number of hydrogen-bond donors (Lipinski definition) is 2. The third kappa shape index (κ3) is 3.25. The Kier molecular flexibility index (Phi) is 3.45. The molecule has 1 aromatic rings. The predicted molar refractivity (Wildman–Crippen MR) is 48.9 cm³/mol. The maximum atomic E-state index is 11.3. The van der Waals surface area contributed by atoms with Crippen molar-refractivity contribution in [2.24, 2.45) is 5.73 Å². The first kappa shape index (κ1) is 9.73. The molecule has 3 N–H and O–H groups in total. The van der Waals surface area contributed by atoms with Gasteiger partial charge in [0.05, 0.1) is 0 Å². The molecule has 0 unspecified atom stereocenters. The summed E-state index contributed by atoms with van der Waals surface area (Å²) in [7, 11) is 0. The number of hydrogen-bond acceptors (Lipinski definition) is 3. The lowest BCUT2D eigenvalue weighted by molar-refractivity contribution is -0.122. The minimum absolute atomic E-state index is 0.0167. The Morgan fingerprint density at radius 1 is 1.77 bits per heavy atom. The lowest BCUT2D eigenvalue weighted by atomic mass is 10.3. The molecule has 0 aliphatic rings. The molecule has 0 aliphatic heterocycles. The molecular formula is C8H14N4O. The fourth-order valence-corrected chi connectivity index (χ4v) is 0.921. The summed E-state index contributed by atoms with van der Waals surface area (Å²) >= 11 is 0. The summed E-state index contributed by atoms with van der Waals surface area (Å²) in [5.74, 6) is -0.0679. The Labute approximate surface area is 76.9 Å². The van der Waals surface area contributed by atoms with Crippen molar-refractivity contribution in [2.75, 3.05) is 6.54 Å². The van der Waals surface area contributed by atoms with E-state index in [9.17, 15) is 4.79 Å². The van der Waals surface area contributed by atoms with Gasteiger partial charge >= 0.3 is 0 Å². The maximum absolute atomic E-state index is 11.3. The highest BCUT2D eigenvalue weighted by atomic mass is 16.2. The number of nitrogens with two attached hydrogens (primary N) is 1. The van der Waals surface area contributed by atoms with Crippen molar-refractivity contribution >= 4 is 5.91 Å². The van der Waals surface area contributed by atoms with Crippen molar-refractivity contribution in [2.45, 2.75) is 19.5 Å². The molecule has 5 nitrogen and oxygen atoms in total. The lowest BCUT2D eigenvalue weighted by Gasteiger charge is -2.10. The fourth-order valence-electron chi connectivity index (χ4n) is 0.921. The van der Waals surface area contributed by atoms with Crippen molar-refractivity contribution in [3.05, 3.63) is 18.5 Å². The summed E-state index contributed by atoms with van der Waals surface area (Å²) in [5, 5.41) is 6.66. The smallest absolute Gasteiger partial charge is 0.241 e. The van der Waals surface area contributed by atoms with Gasteiger partial charge in [0, 0.05) is 25.0 Å². The molecule has 1 heterocycles. The predicted octanol–water partition coefficient (Wildman–Crippen LogP) is -0.653. The van der Waals surface area contributed by atoms with Crippen LogP contribution in [0.15, 0.2) is 18.5 Å². The lowest BCUT2D eigenvalue weighted by Crippen LogP contribution is -2.39. The van der Waals surface area contributed by atoms with Crippen molar-refractivity contribution in [1.29, 1.82) is 0 Å². The molecule has 0 spiro atoms. The van der Waals surface area contributed by atoms with E-state index in [1.165, 1.54) is 0 Å². The third-order valence-electron chi connectivity index (χ3n) is 1.63. The second-order valence-corrected chi connectivity index (χ2v) is 2.91. The van der Waals surface area contributed by atoms with Gasteiger partial charge in [-0.15, -0.1) is 0 Å². The van der Waals surface area contributed by atoms with Crippen LogP contribution >= 0.6 is 0 Å². The minimum atomic E-state index is -0.0679. The molecule has 1 aromatic heterocycles. The highest BCUT2D eigenvalue weighted by molar-refractivity contribution is 5.75. The van der Waals surface area contributed by atoms with Crippen molar-refractivity contribution in [3.8, 4) is 0 Å². The van der Waals surface area contributed by atoms with Crippen LogP contribution in [0.2, 0.25) is 0 Å². The molecule has 0 bridgehead atoms. The van der Waals surface area contributed by atoms with Crippen LogP contribution in [0, 0.1) is 0 Å². The van der Waals surface area contributed by atoms with Gasteiger partial charge in [-0.25, -0.2) is 0 Å². The zero-order valence-corrected chi connectivity index (χ0v) is 7.60. The van der Waals surface area contributed by atoms with Crippen LogP contribution in [0.1, 0.15) is 6.92 Å². The van der Waals surface area contributed by atoms with E-state index in [4.69, 9.17) is 5.73 Å². The van der Waals surface area contributed by atoms with E-state index >= 15 is 0 Å². The Hall–Kier alpha value is -1.36. The van der Waals surface area contributed by atoms with Crippen LogP contribution in [0.4, 0.5) is 0 Å². The van der Waals surface area contributed by atoms with Gasteiger partial charge in [0.25, 0.3) is 0 Å². The highest BCUT2D eigenvalue weighted by Gasteiger charge is 2.05. The average Bonchev–Trinajstić information content (AvgIpc) is 2.56. The van der Waals surface area contributed by atoms with Crippen molar-refractivity contribution in [1.82, 2.24) is 15.1 Å². The topological polar surface area (TPSA) is 72.9 Å². The minimum Gasteiger partial charge on any atom is -0.351 e. The first-order chi connectivity index (χ1) is 6.22. The standard InChI is InChI=1S/C8H14N4O/c1-7(5-9)11-8(13)6-12-4-2-3-10-12/h2-4,7H,5-6,9H2,1H3,(H,11,13)/t7-/m1/s1. The zero-order chi connectivity index (χ0) is 9.68. The summed E-state index contributed by atoms with van der Waals surface area (Å²) in [5.41, 5.74) is 5.36. The van der Waals surface area contributed by atoms with Crippen LogP contribution < -0.4 is 11.1 Å². The number of aromatic nitrogens is 2. The van der Waals surface area contributed by atoms with Crippen LogP contribution in [0.3, 0.4) is 0 Å². The first-order valence-electron chi connectivity index (χ1n) is 4.19. The summed E-state index contributed by atoms with van der Waals surface area (Å²) < 4.78 is 1.57. The molecule has 0 aliphatic carbocycles. The van der Waals surface area contributed by atoms with E-state index in [2.05, 4.69) is 10.4 Å². The summed E-state index contributed by atoms with van der Waals surface area (Å²) in [6.07, 6.45) is 3.38. The van der Waals surface area contributed by atoms with Crippen molar-refractivity contribution in [3.63, 3.8) is 0 Å². The molecule has 1 amide bonds. The second kappa shape index (κ2) is 4.61. The van der Waals surface area contributed by atoms with Gasteiger partial charge in [0.15, 0.2) is 0 Å². The number of carbonyl (C=O) groups excluding carboxylic acids is 1. The van der Waals surface area contributed by atoms with Gasteiger partial charge in [-0.2, -0.15) is 5.10 Å². The second-order valence-electron chi connectivity index (χ2n) is 2.91. The summed E-state index contributed by atoms with van der Waals surface area (Å²) in [4.78, 5) is 11.3. The molecule has 0 radical (unpaired) electrons. The number of nitrogens with zero attached hydrogens (tertiary/aromatic N) is 2. The van der Waals surface area contributed by atoms with Gasteiger partial charge in [-0.1, -0.05) is 0 Å². The van der Waals surface area contributed by atoms with E-state index in [0.29, 0.717) is 6.54 Å². The average molecular weight is 182 g/mol. The van der Waals surface area contributed by atoms with Crippen molar-refractivity contribution < 1.29 is 4.79 Å². The molecule has 72 valence electrons. The molecule has 0 aromatic carbocycles. The molecule has 0 fully saturated rings. The quantitative estimate of drug-likeness (QED) is 0.649. The van der Waals surface area contributed by atoms with E-state index in [-0.39, 0.29) is 18.5 Å². The molecule has 0 saturated heterocycles. The highest BCUT2D eigenvalue weighted by Crippen LogP contribution is 1.85. The number of nitrogens with one attached hydrogen (secondary N) is 1. The Morgan fingerprint density at radius 2 is 2.54 bits per heavy atom. The van der Waals surface area contributed by atoms with Gasteiger partial charge in [0.1, 0.15) is 6.54 Å². The SMILES string of the molecule is C[C@H](CN)NC(=O)Cn1cccn1. The van der Waals surface area contributed by atoms with Crippen LogP contribution in [-0.2, 0) is 11.3 Å². The van der Waals surface area contributed by atoms with Gasteiger partial charge in [-0.3, -0.25) is 9.48 Å². The summed E-state index contributed by atoms with van der Waals surface area (Å²) in [6, 6.07) is 1.79. The third-order valence-corrected chi connectivity index (χ3v) is 1.63. The van der Waals surface area contributed by atoms with E-state index in [1.54, 1.807) is 23.1 Å². The fraction of sp³-hybridized carbons (Fsp3) is 0.500. The largest absolute Gasteiger partial charge is 0.351 e. The first-order valence-corrected chi connectivity index (χ1v) is 4.19.